The smallest absolute Gasteiger partial charge is 0.0431 e. The summed E-state index contributed by atoms with van der Waals surface area (Å²) in [4.78, 5) is 2.40. The molecule has 0 saturated heterocycles. The van der Waals surface area contributed by atoms with Gasteiger partial charge in [-0.15, -0.1) is 0 Å². The first-order valence-corrected chi connectivity index (χ1v) is 5.27. The van der Waals surface area contributed by atoms with E-state index in [1.165, 1.54) is 0 Å². The van der Waals surface area contributed by atoms with E-state index >= 15 is 0 Å². The van der Waals surface area contributed by atoms with E-state index in [-0.39, 0.29) is 0 Å². The van der Waals surface area contributed by atoms with Crippen LogP contribution < -0.4 is 5.73 Å². The number of hydrogen-bond acceptors (Lipinski definition) is 3. The molecule has 0 spiro atoms. The van der Waals surface area contributed by atoms with Crippen LogP contribution in [0.5, 0.6) is 0 Å². The van der Waals surface area contributed by atoms with Crippen molar-refractivity contribution in [3.05, 3.63) is 0 Å². The van der Waals surface area contributed by atoms with E-state index in [9.17, 15) is 0 Å². The van der Waals surface area contributed by atoms with Gasteiger partial charge in [0.25, 0.3) is 0 Å². The van der Waals surface area contributed by atoms with Crippen LogP contribution in [0.2, 0.25) is 0 Å². The van der Waals surface area contributed by atoms with E-state index < -0.39 is 0 Å². The molecule has 0 radical (unpaired) electrons. The molecule has 0 aromatic heterocycles. The molecule has 1 unspecified atom stereocenters. The van der Waals surface area contributed by atoms with Crippen molar-refractivity contribution < 1.29 is 5.11 Å². The molecule has 0 fully saturated rings. The standard InChI is InChI=1S/C10H24N2O/c1-3-12(6-4-5-7-13)9-10(2)8-11/h10,13H,3-9,11H2,1-2H3. The largest absolute Gasteiger partial charge is 0.396 e. The topological polar surface area (TPSA) is 49.5 Å². The minimum atomic E-state index is 0.310. The summed E-state index contributed by atoms with van der Waals surface area (Å²) in [5, 5.41) is 8.64. The average Bonchev–Trinajstić information content (AvgIpc) is 2.16. The van der Waals surface area contributed by atoms with Gasteiger partial charge in [-0.1, -0.05) is 13.8 Å². The quantitative estimate of drug-likeness (QED) is 0.551. The number of aliphatic hydroxyl groups is 1. The Labute approximate surface area is 81.9 Å². The van der Waals surface area contributed by atoms with Crippen molar-refractivity contribution in [1.29, 1.82) is 0 Å². The van der Waals surface area contributed by atoms with Crippen LogP contribution in [0.15, 0.2) is 0 Å². The van der Waals surface area contributed by atoms with Crippen LogP contribution in [-0.4, -0.2) is 42.8 Å². The van der Waals surface area contributed by atoms with Gasteiger partial charge >= 0.3 is 0 Å². The van der Waals surface area contributed by atoms with Crippen LogP contribution in [0.4, 0.5) is 0 Å². The van der Waals surface area contributed by atoms with Crippen LogP contribution in [0.25, 0.3) is 0 Å². The summed E-state index contributed by atoms with van der Waals surface area (Å²) in [6.45, 7) is 8.66. The summed E-state index contributed by atoms with van der Waals surface area (Å²) in [7, 11) is 0. The number of nitrogens with zero attached hydrogens (tertiary/aromatic N) is 1. The molecule has 0 aromatic rings. The molecule has 1 atom stereocenters. The minimum Gasteiger partial charge on any atom is -0.396 e. The lowest BCUT2D eigenvalue weighted by molar-refractivity contribution is 0.228. The molecule has 3 nitrogen and oxygen atoms in total. The first-order chi connectivity index (χ1) is 6.24. The van der Waals surface area contributed by atoms with Crippen LogP contribution in [0.3, 0.4) is 0 Å². The van der Waals surface area contributed by atoms with Gasteiger partial charge in [0.15, 0.2) is 0 Å². The molecule has 13 heavy (non-hydrogen) atoms. The van der Waals surface area contributed by atoms with Gasteiger partial charge in [0, 0.05) is 13.2 Å². The highest BCUT2D eigenvalue weighted by molar-refractivity contribution is 4.61. The van der Waals surface area contributed by atoms with Crippen molar-refractivity contribution in [2.24, 2.45) is 11.7 Å². The molecule has 0 aliphatic rings. The predicted molar refractivity (Wildman–Crippen MR) is 56.7 cm³/mol. The van der Waals surface area contributed by atoms with Crippen LogP contribution in [0.1, 0.15) is 26.7 Å². The second-order valence-electron chi connectivity index (χ2n) is 3.66. The fourth-order valence-corrected chi connectivity index (χ4v) is 1.34. The Kier molecular flexibility index (Phi) is 8.40. The molecule has 0 aliphatic heterocycles. The van der Waals surface area contributed by atoms with E-state index in [1.807, 2.05) is 0 Å². The summed E-state index contributed by atoms with van der Waals surface area (Å²) >= 11 is 0. The highest BCUT2D eigenvalue weighted by Gasteiger charge is 2.06. The summed E-state index contributed by atoms with van der Waals surface area (Å²) in [6.07, 6.45) is 2.00. The summed E-state index contributed by atoms with van der Waals surface area (Å²) in [5.74, 6) is 0.578. The number of unbranched alkanes of at least 4 members (excludes halogenated alkanes) is 1. The van der Waals surface area contributed by atoms with Crippen molar-refractivity contribution >= 4 is 0 Å². The van der Waals surface area contributed by atoms with Crippen molar-refractivity contribution in [3.8, 4) is 0 Å². The lowest BCUT2D eigenvalue weighted by Crippen LogP contribution is -2.32. The Morgan fingerprint density at radius 3 is 2.54 bits per heavy atom. The first-order valence-electron chi connectivity index (χ1n) is 5.27. The maximum atomic E-state index is 8.64. The second kappa shape index (κ2) is 8.48. The number of aliphatic hydroxyl groups excluding tert-OH is 1. The van der Waals surface area contributed by atoms with E-state index in [1.54, 1.807) is 0 Å². The Morgan fingerprint density at radius 1 is 1.38 bits per heavy atom. The van der Waals surface area contributed by atoms with Gasteiger partial charge in [-0.25, -0.2) is 0 Å². The Hall–Kier alpha value is -0.120. The first kappa shape index (κ1) is 12.9. The predicted octanol–water partition coefficient (Wildman–Crippen LogP) is 0.676. The molecule has 0 bridgehead atoms. The minimum absolute atomic E-state index is 0.310. The van der Waals surface area contributed by atoms with Crippen LogP contribution in [0, 0.1) is 5.92 Å². The Morgan fingerprint density at radius 2 is 2.08 bits per heavy atom. The summed E-state index contributed by atoms with van der Waals surface area (Å²) < 4.78 is 0. The fourth-order valence-electron chi connectivity index (χ4n) is 1.34. The number of nitrogens with two attached hydrogens (primary N) is 1. The SMILES string of the molecule is CCN(CCCCO)CC(C)CN. The van der Waals surface area contributed by atoms with E-state index in [0.29, 0.717) is 12.5 Å². The van der Waals surface area contributed by atoms with Crippen LogP contribution in [-0.2, 0) is 0 Å². The highest BCUT2D eigenvalue weighted by atomic mass is 16.2. The van der Waals surface area contributed by atoms with Crippen LogP contribution >= 0.6 is 0 Å². The van der Waals surface area contributed by atoms with Gasteiger partial charge < -0.3 is 15.7 Å². The summed E-state index contributed by atoms with van der Waals surface area (Å²) in [5.41, 5.74) is 5.56. The van der Waals surface area contributed by atoms with Crippen molar-refractivity contribution in [3.63, 3.8) is 0 Å². The zero-order valence-corrected chi connectivity index (χ0v) is 9.00. The molecule has 0 saturated carbocycles. The second-order valence-corrected chi connectivity index (χ2v) is 3.66. The van der Waals surface area contributed by atoms with Gasteiger partial charge in [0.1, 0.15) is 0 Å². The third kappa shape index (κ3) is 6.99. The average molecular weight is 188 g/mol. The molecular weight excluding hydrogens is 164 g/mol. The van der Waals surface area contributed by atoms with Gasteiger partial charge in [-0.05, 0) is 38.4 Å². The molecular formula is C10H24N2O. The molecule has 3 N–H and O–H groups in total. The van der Waals surface area contributed by atoms with E-state index in [4.69, 9.17) is 10.8 Å². The normalized spacial score (nSPS) is 13.6. The molecule has 0 aromatic carbocycles. The van der Waals surface area contributed by atoms with Gasteiger partial charge in [0.05, 0.1) is 0 Å². The van der Waals surface area contributed by atoms with Crippen molar-refractivity contribution in [2.75, 3.05) is 32.8 Å². The number of hydrogen-bond donors (Lipinski definition) is 2. The molecule has 80 valence electrons. The fraction of sp³-hybridized carbons (Fsp3) is 1.00. The van der Waals surface area contributed by atoms with E-state index in [2.05, 4.69) is 18.7 Å². The van der Waals surface area contributed by atoms with E-state index in [0.717, 1.165) is 39.0 Å². The number of rotatable bonds is 8. The van der Waals surface area contributed by atoms with Gasteiger partial charge in [-0.2, -0.15) is 0 Å². The van der Waals surface area contributed by atoms with Gasteiger partial charge in [0.2, 0.25) is 0 Å². The molecule has 0 rings (SSSR count). The highest BCUT2D eigenvalue weighted by Crippen LogP contribution is 2.00. The van der Waals surface area contributed by atoms with Crippen molar-refractivity contribution in [2.45, 2.75) is 26.7 Å². The molecule has 3 heteroatoms. The molecule has 0 aliphatic carbocycles. The summed E-state index contributed by atoms with van der Waals surface area (Å²) in [6, 6.07) is 0. The molecule has 0 heterocycles. The third-order valence-corrected chi connectivity index (χ3v) is 2.30. The van der Waals surface area contributed by atoms with Crippen molar-refractivity contribution in [1.82, 2.24) is 4.90 Å². The zero-order chi connectivity index (χ0) is 10.1. The molecule has 0 amide bonds. The maximum absolute atomic E-state index is 8.64. The Bertz CT molecular complexity index is 109. The maximum Gasteiger partial charge on any atom is 0.0431 e. The van der Waals surface area contributed by atoms with Gasteiger partial charge in [-0.3, -0.25) is 0 Å². The lowest BCUT2D eigenvalue weighted by Gasteiger charge is -2.23. The monoisotopic (exact) mass is 188 g/mol. The third-order valence-electron chi connectivity index (χ3n) is 2.30. The lowest BCUT2D eigenvalue weighted by atomic mass is 10.1. The zero-order valence-electron chi connectivity index (χ0n) is 9.00. The Balaban J connectivity index is 3.50.